The van der Waals surface area contributed by atoms with Gasteiger partial charge >= 0.3 is 0 Å². The minimum absolute atomic E-state index is 0.0661. The molecule has 0 unspecified atom stereocenters. The van der Waals surface area contributed by atoms with E-state index in [0.29, 0.717) is 23.1 Å². The Morgan fingerprint density at radius 1 is 1.22 bits per heavy atom. The van der Waals surface area contributed by atoms with Crippen molar-refractivity contribution in [3.8, 4) is 0 Å². The van der Waals surface area contributed by atoms with E-state index in [4.69, 9.17) is 0 Å². The SMILES string of the molecule is Cc1ccccc1N1C[C@@H](C(=O)Nc2ccc3nc[nH]c(=O)c3c2)CC1=O. The van der Waals surface area contributed by atoms with E-state index in [9.17, 15) is 14.4 Å². The molecule has 1 aliphatic rings. The molecule has 7 heteroatoms. The van der Waals surface area contributed by atoms with Crippen LogP contribution in [0, 0.1) is 12.8 Å². The van der Waals surface area contributed by atoms with E-state index in [1.165, 1.54) is 6.33 Å². The number of fused-ring (bicyclic) bond motifs is 1. The zero-order valence-electron chi connectivity index (χ0n) is 14.7. The molecule has 2 N–H and O–H groups in total. The van der Waals surface area contributed by atoms with Crippen LogP contribution in [0.5, 0.6) is 0 Å². The molecule has 1 aromatic heterocycles. The van der Waals surface area contributed by atoms with Gasteiger partial charge < -0.3 is 15.2 Å². The minimum atomic E-state index is -0.444. The first-order valence-corrected chi connectivity index (χ1v) is 8.67. The van der Waals surface area contributed by atoms with Gasteiger partial charge in [-0.25, -0.2) is 4.98 Å². The molecule has 3 aromatic rings. The number of para-hydroxylation sites is 1. The molecule has 0 saturated carbocycles. The van der Waals surface area contributed by atoms with Crippen LogP contribution in [0.4, 0.5) is 11.4 Å². The first kappa shape index (κ1) is 17.0. The molecule has 2 aromatic carbocycles. The van der Waals surface area contributed by atoms with Gasteiger partial charge in [0.05, 0.1) is 23.1 Å². The summed E-state index contributed by atoms with van der Waals surface area (Å²) < 4.78 is 0. The number of hydrogen-bond donors (Lipinski definition) is 2. The van der Waals surface area contributed by atoms with Crippen molar-refractivity contribution < 1.29 is 9.59 Å². The van der Waals surface area contributed by atoms with E-state index in [2.05, 4.69) is 15.3 Å². The van der Waals surface area contributed by atoms with Gasteiger partial charge in [-0.05, 0) is 36.8 Å². The second-order valence-corrected chi connectivity index (χ2v) is 6.64. The highest BCUT2D eigenvalue weighted by Crippen LogP contribution is 2.28. The van der Waals surface area contributed by atoms with Crippen LogP contribution in [0.3, 0.4) is 0 Å². The molecule has 0 aliphatic carbocycles. The number of carbonyl (C=O) groups excluding carboxylic acids is 2. The van der Waals surface area contributed by atoms with E-state index in [1.807, 2.05) is 31.2 Å². The number of aromatic amines is 1. The average molecular weight is 362 g/mol. The fourth-order valence-corrected chi connectivity index (χ4v) is 3.37. The van der Waals surface area contributed by atoms with Gasteiger partial charge in [0.25, 0.3) is 5.56 Å². The Hall–Kier alpha value is -3.48. The fraction of sp³-hybridized carbons (Fsp3) is 0.200. The van der Waals surface area contributed by atoms with Gasteiger partial charge in [-0.3, -0.25) is 14.4 Å². The van der Waals surface area contributed by atoms with Crippen LogP contribution in [-0.4, -0.2) is 28.3 Å². The van der Waals surface area contributed by atoms with Gasteiger partial charge in [0.2, 0.25) is 11.8 Å². The molecule has 1 fully saturated rings. The molecule has 2 heterocycles. The van der Waals surface area contributed by atoms with Crippen molar-refractivity contribution in [2.75, 3.05) is 16.8 Å². The first-order chi connectivity index (χ1) is 13.0. The summed E-state index contributed by atoms with van der Waals surface area (Å²) in [4.78, 5) is 45.2. The Morgan fingerprint density at radius 2 is 2.04 bits per heavy atom. The standard InChI is InChI=1S/C20H18N4O3/c1-12-4-2-3-5-17(12)24-10-13(8-18(24)25)19(26)23-14-6-7-16-15(9-14)20(27)22-11-21-16/h2-7,9,11,13H,8,10H2,1H3,(H,23,26)(H,21,22,27)/t13-/m0/s1. The first-order valence-electron chi connectivity index (χ1n) is 8.67. The summed E-state index contributed by atoms with van der Waals surface area (Å²) in [6.07, 6.45) is 1.50. The second-order valence-electron chi connectivity index (χ2n) is 6.64. The van der Waals surface area contributed by atoms with Crippen molar-refractivity contribution in [2.45, 2.75) is 13.3 Å². The van der Waals surface area contributed by atoms with Crippen LogP contribution in [0.1, 0.15) is 12.0 Å². The number of aromatic nitrogens is 2. The zero-order chi connectivity index (χ0) is 19.0. The third-order valence-corrected chi connectivity index (χ3v) is 4.81. The molecule has 0 spiro atoms. The molecule has 7 nitrogen and oxygen atoms in total. The van der Waals surface area contributed by atoms with Crippen molar-refractivity contribution >= 4 is 34.1 Å². The van der Waals surface area contributed by atoms with E-state index in [1.54, 1.807) is 23.1 Å². The number of hydrogen-bond acceptors (Lipinski definition) is 4. The normalized spacial score (nSPS) is 16.7. The molecule has 4 rings (SSSR count). The molecular weight excluding hydrogens is 344 g/mol. The van der Waals surface area contributed by atoms with Crippen molar-refractivity contribution in [1.82, 2.24) is 9.97 Å². The predicted molar refractivity (Wildman–Crippen MR) is 103 cm³/mol. The Balaban J connectivity index is 1.52. The highest BCUT2D eigenvalue weighted by atomic mass is 16.2. The lowest BCUT2D eigenvalue weighted by Crippen LogP contribution is -2.28. The van der Waals surface area contributed by atoms with Crippen LogP contribution >= 0.6 is 0 Å². The van der Waals surface area contributed by atoms with Gasteiger partial charge in [0.1, 0.15) is 0 Å². The van der Waals surface area contributed by atoms with Gasteiger partial charge in [0, 0.05) is 24.3 Å². The maximum absolute atomic E-state index is 12.7. The Bertz CT molecular complexity index is 1110. The van der Waals surface area contributed by atoms with Gasteiger partial charge in [0.15, 0.2) is 0 Å². The van der Waals surface area contributed by atoms with Gasteiger partial charge in [-0.1, -0.05) is 18.2 Å². The zero-order valence-corrected chi connectivity index (χ0v) is 14.7. The summed E-state index contributed by atoms with van der Waals surface area (Å²) in [5, 5.41) is 3.21. The Kier molecular flexibility index (Phi) is 4.19. The molecule has 1 atom stereocenters. The number of H-pyrrole nitrogens is 1. The van der Waals surface area contributed by atoms with Crippen molar-refractivity contribution in [2.24, 2.45) is 5.92 Å². The number of anilines is 2. The van der Waals surface area contributed by atoms with Crippen molar-refractivity contribution in [3.05, 3.63) is 64.7 Å². The highest BCUT2D eigenvalue weighted by Gasteiger charge is 2.35. The summed E-state index contributed by atoms with van der Waals surface area (Å²) in [6, 6.07) is 12.6. The topological polar surface area (TPSA) is 95.2 Å². The van der Waals surface area contributed by atoms with E-state index < -0.39 is 5.92 Å². The Labute approximate surface area is 155 Å². The number of benzene rings is 2. The van der Waals surface area contributed by atoms with Crippen molar-refractivity contribution in [1.29, 1.82) is 0 Å². The molecule has 27 heavy (non-hydrogen) atoms. The molecule has 136 valence electrons. The number of carbonyl (C=O) groups is 2. The summed E-state index contributed by atoms with van der Waals surface area (Å²) in [6.45, 7) is 2.28. The summed E-state index contributed by atoms with van der Waals surface area (Å²) in [5.74, 6) is -0.748. The molecular formula is C20H18N4O3. The lowest BCUT2D eigenvalue weighted by molar-refractivity contribution is -0.122. The number of nitrogens with zero attached hydrogens (tertiary/aromatic N) is 2. The van der Waals surface area contributed by atoms with Crippen LogP contribution in [0.15, 0.2) is 53.6 Å². The number of amides is 2. The number of aryl methyl sites for hydroxylation is 1. The molecule has 1 saturated heterocycles. The second kappa shape index (κ2) is 6.68. The fourth-order valence-electron chi connectivity index (χ4n) is 3.37. The number of rotatable bonds is 3. The van der Waals surface area contributed by atoms with Crippen LogP contribution < -0.4 is 15.8 Å². The van der Waals surface area contributed by atoms with Crippen LogP contribution in [0.25, 0.3) is 10.9 Å². The van der Waals surface area contributed by atoms with E-state index in [-0.39, 0.29) is 23.8 Å². The maximum Gasteiger partial charge on any atom is 0.258 e. The lowest BCUT2D eigenvalue weighted by Gasteiger charge is -2.19. The van der Waals surface area contributed by atoms with Crippen LogP contribution in [-0.2, 0) is 9.59 Å². The minimum Gasteiger partial charge on any atom is -0.326 e. The smallest absolute Gasteiger partial charge is 0.258 e. The van der Waals surface area contributed by atoms with Crippen LogP contribution in [0.2, 0.25) is 0 Å². The quantitative estimate of drug-likeness (QED) is 0.747. The summed E-state index contributed by atoms with van der Waals surface area (Å²) in [7, 11) is 0. The van der Waals surface area contributed by atoms with E-state index >= 15 is 0 Å². The summed E-state index contributed by atoms with van der Waals surface area (Å²) in [5.41, 5.74) is 2.62. The molecule has 0 radical (unpaired) electrons. The summed E-state index contributed by atoms with van der Waals surface area (Å²) >= 11 is 0. The monoisotopic (exact) mass is 362 g/mol. The molecule has 2 amide bonds. The van der Waals surface area contributed by atoms with Gasteiger partial charge in [-0.2, -0.15) is 0 Å². The average Bonchev–Trinajstić information content (AvgIpc) is 3.04. The largest absolute Gasteiger partial charge is 0.326 e. The third kappa shape index (κ3) is 3.19. The van der Waals surface area contributed by atoms with Crippen molar-refractivity contribution in [3.63, 3.8) is 0 Å². The highest BCUT2D eigenvalue weighted by molar-refractivity contribution is 6.04. The number of nitrogens with one attached hydrogen (secondary N) is 2. The maximum atomic E-state index is 12.7. The lowest BCUT2D eigenvalue weighted by atomic mass is 10.1. The molecule has 0 bridgehead atoms. The Morgan fingerprint density at radius 3 is 2.85 bits per heavy atom. The third-order valence-electron chi connectivity index (χ3n) is 4.81. The predicted octanol–water partition coefficient (Wildman–Crippen LogP) is 2.22. The van der Waals surface area contributed by atoms with E-state index in [0.717, 1.165) is 11.3 Å². The molecule has 1 aliphatic heterocycles. The van der Waals surface area contributed by atoms with Gasteiger partial charge in [-0.15, -0.1) is 0 Å².